The summed E-state index contributed by atoms with van der Waals surface area (Å²) in [6.07, 6.45) is 5.60. The van der Waals surface area contributed by atoms with Crippen molar-refractivity contribution in [2.24, 2.45) is 5.92 Å². The van der Waals surface area contributed by atoms with E-state index in [-0.39, 0.29) is 11.6 Å². The average Bonchev–Trinajstić information content (AvgIpc) is 3.59. The highest BCUT2D eigenvalue weighted by molar-refractivity contribution is 5.97. The van der Waals surface area contributed by atoms with Crippen LogP contribution in [0.3, 0.4) is 0 Å². The number of benzene rings is 3. The Labute approximate surface area is 202 Å². The van der Waals surface area contributed by atoms with Crippen molar-refractivity contribution < 1.29 is 9.18 Å². The Morgan fingerprint density at radius 3 is 2.54 bits per heavy atom. The highest BCUT2D eigenvalue weighted by Gasteiger charge is 2.25. The van der Waals surface area contributed by atoms with E-state index in [1.165, 1.54) is 25.0 Å². The minimum atomic E-state index is -0.232. The number of Topliss-reactive ketones (excluding diaryl/α,β-unsaturated/α-hetero) is 1. The molecule has 1 saturated carbocycles. The van der Waals surface area contributed by atoms with Crippen molar-refractivity contribution in [2.75, 3.05) is 11.9 Å². The Balaban J connectivity index is 1.33. The maximum Gasteiger partial charge on any atom is 0.181 e. The van der Waals surface area contributed by atoms with E-state index >= 15 is 0 Å². The third-order valence-corrected chi connectivity index (χ3v) is 6.62. The summed E-state index contributed by atoms with van der Waals surface area (Å²) in [5.74, 6) is 1.27. The van der Waals surface area contributed by atoms with Crippen LogP contribution in [0.15, 0.2) is 79.0 Å². The van der Waals surface area contributed by atoms with Crippen LogP contribution < -0.4 is 5.32 Å². The zero-order valence-electron chi connectivity index (χ0n) is 19.2. The molecule has 2 aromatic heterocycles. The van der Waals surface area contributed by atoms with Crippen molar-refractivity contribution in [3.8, 4) is 11.3 Å². The van der Waals surface area contributed by atoms with Gasteiger partial charge in [-0.15, -0.1) is 0 Å². The highest BCUT2D eigenvalue weighted by Crippen LogP contribution is 2.34. The summed E-state index contributed by atoms with van der Waals surface area (Å²) >= 11 is 0. The number of aromatic nitrogens is 3. The van der Waals surface area contributed by atoms with Crippen molar-refractivity contribution in [3.63, 3.8) is 0 Å². The summed E-state index contributed by atoms with van der Waals surface area (Å²) in [7, 11) is 0. The fraction of sp³-hybridized carbons (Fsp3) is 0.207. The molecule has 0 unspecified atom stereocenters. The summed E-state index contributed by atoms with van der Waals surface area (Å²) in [6.45, 7) is 0.645. The highest BCUT2D eigenvalue weighted by atomic mass is 19.1. The van der Waals surface area contributed by atoms with Crippen LogP contribution in [0.25, 0.3) is 27.9 Å². The number of carbonyl (C=O) groups is 1. The van der Waals surface area contributed by atoms with Crippen LogP contribution in [-0.2, 0) is 6.42 Å². The summed E-state index contributed by atoms with van der Waals surface area (Å²) in [4.78, 5) is 22.0. The lowest BCUT2D eigenvalue weighted by molar-refractivity contribution is 0.0976. The van der Waals surface area contributed by atoms with Gasteiger partial charge in [-0.3, -0.25) is 9.20 Å². The van der Waals surface area contributed by atoms with E-state index in [2.05, 4.69) is 9.72 Å². The number of fused-ring (bicyclic) bond motifs is 3. The van der Waals surface area contributed by atoms with Crippen molar-refractivity contribution in [1.29, 1.82) is 0 Å². The molecule has 0 spiro atoms. The topological polar surface area (TPSA) is 59.3 Å². The molecule has 1 aliphatic rings. The second-order valence-electron chi connectivity index (χ2n) is 9.20. The predicted molar refractivity (Wildman–Crippen MR) is 136 cm³/mol. The van der Waals surface area contributed by atoms with E-state index in [4.69, 9.17) is 9.97 Å². The van der Waals surface area contributed by atoms with Crippen LogP contribution in [0.2, 0.25) is 0 Å². The molecule has 0 saturated heterocycles. The van der Waals surface area contributed by atoms with E-state index in [9.17, 15) is 9.18 Å². The number of hydrogen-bond acceptors (Lipinski definition) is 4. The predicted octanol–water partition coefficient (Wildman–Crippen LogP) is 6.33. The molecule has 0 aliphatic heterocycles. The first kappa shape index (κ1) is 21.5. The average molecular weight is 465 g/mol. The number of hydrogen-bond donors (Lipinski definition) is 1. The maximum atomic E-state index is 13.2. The molecule has 6 rings (SSSR count). The van der Waals surface area contributed by atoms with Gasteiger partial charge in [0.05, 0.1) is 22.9 Å². The summed E-state index contributed by atoms with van der Waals surface area (Å²) in [5.41, 5.74) is 6.33. The molecule has 1 fully saturated rings. The Kier molecular flexibility index (Phi) is 5.49. The van der Waals surface area contributed by atoms with Gasteiger partial charge in [-0.1, -0.05) is 48.5 Å². The van der Waals surface area contributed by atoms with Crippen molar-refractivity contribution in [1.82, 2.24) is 14.4 Å². The van der Waals surface area contributed by atoms with Crippen LogP contribution in [0.1, 0.15) is 35.2 Å². The number of anilines is 1. The number of nitrogens with zero attached hydrogens (tertiary/aromatic N) is 3. The quantitative estimate of drug-likeness (QED) is 0.273. The van der Waals surface area contributed by atoms with Gasteiger partial charge in [0.2, 0.25) is 0 Å². The molecule has 1 N–H and O–H groups in total. The molecule has 174 valence electrons. The van der Waals surface area contributed by atoms with Crippen LogP contribution in [0.4, 0.5) is 10.2 Å². The van der Waals surface area contributed by atoms with Gasteiger partial charge in [-0.25, -0.2) is 14.4 Å². The normalized spacial score (nSPS) is 13.4. The minimum absolute atomic E-state index is 0.222. The molecule has 0 bridgehead atoms. The number of carbonyl (C=O) groups excluding carboxylic acids is 1. The fourth-order valence-corrected chi connectivity index (χ4v) is 4.51. The summed E-state index contributed by atoms with van der Waals surface area (Å²) in [6, 6.07) is 22.4. The van der Waals surface area contributed by atoms with E-state index in [1.54, 1.807) is 12.1 Å². The van der Waals surface area contributed by atoms with Crippen LogP contribution in [0, 0.1) is 11.7 Å². The van der Waals surface area contributed by atoms with E-state index in [0.29, 0.717) is 24.7 Å². The molecular weight excluding hydrogens is 439 g/mol. The smallest absolute Gasteiger partial charge is 0.181 e. The van der Waals surface area contributed by atoms with Crippen molar-refractivity contribution >= 4 is 28.3 Å². The number of rotatable bonds is 8. The third kappa shape index (κ3) is 4.39. The lowest BCUT2D eigenvalue weighted by Gasteiger charge is -2.12. The second-order valence-corrected chi connectivity index (χ2v) is 9.20. The van der Waals surface area contributed by atoms with Gasteiger partial charge in [0.25, 0.3) is 0 Å². The first-order chi connectivity index (χ1) is 17.2. The van der Waals surface area contributed by atoms with E-state index in [0.717, 1.165) is 45.5 Å². The molecule has 0 atom stereocenters. The van der Waals surface area contributed by atoms with E-state index in [1.807, 2.05) is 54.7 Å². The SMILES string of the molecule is O=C(CC1CC1)c1ccc(-c2cnc3c(NCCc4ccc(F)cc4)nc4ccccc4n23)cc1. The van der Waals surface area contributed by atoms with Crippen LogP contribution in [0.5, 0.6) is 0 Å². The molecule has 5 aromatic rings. The molecule has 5 nitrogen and oxygen atoms in total. The lowest BCUT2D eigenvalue weighted by Crippen LogP contribution is -2.09. The van der Waals surface area contributed by atoms with Gasteiger partial charge in [0.15, 0.2) is 17.2 Å². The Bertz CT molecular complexity index is 1520. The molecule has 1 aliphatic carbocycles. The molecule has 6 heteroatoms. The van der Waals surface area contributed by atoms with Gasteiger partial charge in [0.1, 0.15) is 5.82 Å². The fourth-order valence-electron chi connectivity index (χ4n) is 4.51. The molecule has 0 amide bonds. The molecule has 3 aromatic carbocycles. The molecule has 2 heterocycles. The zero-order valence-corrected chi connectivity index (χ0v) is 19.2. The first-order valence-corrected chi connectivity index (χ1v) is 12.0. The number of para-hydroxylation sites is 2. The maximum absolute atomic E-state index is 13.2. The largest absolute Gasteiger partial charge is 0.367 e. The first-order valence-electron chi connectivity index (χ1n) is 12.0. The van der Waals surface area contributed by atoms with Gasteiger partial charge in [-0.05, 0) is 55.0 Å². The second kappa shape index (κ2) is 8.95. The minimum Gasteiger partial charge on any atom is -0.367 e. The monoisotopic (exact) mass is 464 g/mol. The Morgan fingerprint density at radius 2 is 1.77 bits per heavy atom. The summed E-state index contributed by atoms with van der Waals surface area (Å²) < 4.78 is 15.3. The number of halogens is 1. The van der Waals surface area contributed by atoms with Crippen molar-refractivity contribution in [2.45, 2.75) is 25.7 Å². The van der Waals surface area contributed by atoms with Gasteiger partial charge >= 0.3 is 0 Å². The van der Waals surface area contributed by atoms with Crippen molar-refractivity contribution in [3.05, 3.63) is 95.9 Å². The van der Waals surface area contributed by atoms with Gasteiger partial charge in [-0.2, -0.15) is 0 Å². The Morgan fingerprint density at radius 1 is 1.00 bits per heavy atom. The number of nitrogens with one attached hydrogen (secondary N) is 1. The molecule has 35 heavy (non-hydrogen) atoms. The summed E-state index contributed by atoms with van der Waals surface area (Å²) in [5, 5.41) is 3.42. The van der Waals surface area contributed by atoms with Crippen LogP contribution in [-0.4, -0.2) is 26.7 Å². The molecule has 0 radical (unpaired) electrons. The zero-order chi connectivity index (χ0) is 23.8. The third-order valence-electron chi connectivity index (χ3n) is 6.62. The Hall–Kier alpha value is -4.06. The lowest BCUT2D eigenvalue weighted by atomic mass is 10.0. The van der Waals surface area contributed by atoms with E-state index < -0.39 is 0 Å². The standard InChI is InChI=1S/C29H25FN4O/c30-23-13-7-19(8-14-23)15-16-31-28-29-32-18-26(34(29)25-4-2-1-3-24(25)33-28)21-9-11-22(12-10-21)27(35)17-20-5-6-20/h1-4,7-14,18,20H,5-6,15-17H2,(H,31,33). The van der Waals surface area contributed by atoms with Crippen LogP contribution >= 0.6 is 0 Å². The van der Waals surface area contributed by atoms with Gasteiger partial charge < -0.3 is 5.32 Å². The number of ketones is 1. The van der Waals surface area contributed by atoms with Gasteiger partial charge in [0, 0.05) is 24.1 Å². The number of imidazole rings is 1. The molecular formula is C29H25FN4O.